The lowest BCUT2D eigenvalue weighted by molar-refractivity contribution is 0.189. The molecular formula is C15H20BrN. The van der Waals surface area contributed by atoms with Gasteiger partial charge in [-0.3, -0.25) is 0 Å². The van der Waals surface area contributed by atoms with Crippen LogP contribution in [0.15, 0.2) is 28.7 Å². The summed E-state index contributed by atoms with van der Waals surface area (Å²) in [4.78, 5) is 0. The summed E-state index contributed by atoms with van der Waals surface area (Å²) in [5, 5.41) is 3.63. The van der Waals surface area contributed by atoms with Crippen molar-refractivity contribution in [2.24, 2.45) is 5.41 Å². The van der Waals surface area contributed by atoms with E-state index >= 15 is 0 Å². The Balaban J connectivity index is 1.88. The van der Waals surface area contributed by atoms with Gasteiger partial charge in [0.2, 0.25) is 0 Å². The Kier molecular flexibility index (Phi) is 3.27. The molecule has 0 bridgehead atoms. The van der Waals surface area contributed by atoms with E-state index in [1.54, 1.807) is 0 Å². The van der Waals surface area contributed by atoms with Crippen LogP contribution in [0.2, 0.25) is 0 Å². The zero-order valence-corrected chi connectivity index (χ0v) is 11.8. The molecule has 92 valence electrons. The van der Waals surface area contributed by atoms with Gasteiger partial charge in [0.15, 0.2) is 0 Å². The summed E-state index contributed by atoms with van der Waals surface area (Å²) in [6, 6.07) is 8.98. The van der Waals surface area contributed by atoms with Crippen molar-refractivity contribution in [1.29, 1.82) is 0 Å². The van der Waals surface area contributed by atoms with Crippen molar-refractivity contribution in [3.63, 3.8) is 0 Å². The number of hydrogen-bond donors (Lipinski definition) is 1. The fourth-order valence-electron chi connectivity index (χ4n) is 3.75. The Morgan fingerprint density at radius 3 is 2.47 bits per heavy atom. The maximum atomic E-state index is 3.63. The van der Waals surface area contributed by atoms with Gasteiger partial charge >= 0.3 is 0 Å². The van der Waals surface area contributed by atoms with Crippen molar-refractivity contribution in [2.45, 2.75) is 38.0 Å². The average Bonchev–Trinajstić information content (AvgIpc) is 2.75. The molecular weight excluding hydrogens is 274 g/mol. The summed E-state index contributed by atoms with van der Waals surface area (Å²) in [5.41, 5.74) is 2.09. The molecule has 2 heteroatoms. The molecule has 0 amide bonds. The van der Waals surface area contributed by atoms with Crippen molar-refractivity contribution in [2.75, 3.05) is 13.1 Å². The minimum Gasteiger partial charge on any atom is -0.316 e. The van der Waals surface area contributed by atoms with E-state index in [-0.39, 0.29) is 0 Å². The topological polar surface area (TPSA) is 12.0 Å². The van der Waals surface area contributed by atoms with Crippen molar-refractivity contribution in [3.05, 3.63) is 34.3 Å². The molecule has 0 aromatic heterocycles. The SMILES string of the molecule is Brc1ccc(C2CNCC23CCCCC3)cc1. The standard InChI is InChI=1S/C15H20BrN/c16-13-6-4-12(5-7-13)14-10-17-11-15(14)8-2-1-3-9-15/h4-7,14,17H,1-3,8-11H2. The van der Waals surface area contributed by atoms with Crippen molar-refractivity contribution >= 4 is 15.9 Å². The van der Waals surface area contributed by atoms with Crippen LogP contribution in [0.3, 0.4) is 0 Å². The first-order valence-electron chi connectivity index (χ1n) is 6.76. The maximum Gasteiger partial charge on any atom is 0.0175 e. The fraction of sp³-hybridized carbons (Fsp3) is 0.600. The third-order valence-electron chi connectivity index (χ3n) is 4.69. The van der Waals surface area contributed by atoms with E-state index in [1.165, 1.54) is 55.2 Å². The van der Waals surface area contributed by atoms with E-state index in [0.29, 0.717) is 5.41 Å². The van der Waals surface area contributed by atoms with E-state index in [9.17, 15) is 0 Å². The van der Waals surface area contributed by atoms with E-state index in [0.717, 1.165) is 5.92 Å². The molecule has 1 nitrogen and oxygen atoms in total. The zero-order chi connectivity index (χ0) is 11.7. The van der Waals surface area contributed by atoms with E-state index < -0.39 is 0 Å². The van der Waals surface area contributed by atoms with E-state index in [4.69, 9.17) is 0 Å². The highest BCUT2D eigenvalue weighted by atomic mass is 79.9. The highest BCUT2D eigenvalue weighted by molar-refractivity contribution is 9.10. The Labute approximate surface area is 112 Å². The first-order chi connectivity index (χ1) is 8.30. The van der Waals surface area contributed by atoms with Gasteiger partial charge in [-0.1, -0.05) is 47.3 Å². The van der Waals surface area contributed by atoms with Gasteiger partial charge in [-0.2, -0.15) is 0 Å². The monoisotopic (exact) mass is 293 g/mol. The lowest BCUT2D eigenvalue weighted by Gasteiger charge is -2.38. The number of benzene rings is 1. The second kappa shape index (κ2) is 4.74. The van der Waals surface area contributed by atoms with Gasteiger partial charge in [-0.05, 0) is 36.0 Å². The van der Waals surface area contributed by atoms with Crippen LogP contribution in [-0.4, -0.2) is 13.1 Å². The number of halogens is 1. The molecule has 1 aliphatic heterocycles. The molecule has 2 aliphatic rings. The van der Waals surface area contributed by atoms with Gasteiger partial charge in [0.25, 0.3) is 0 Å². The molecule has 1 N–H and O–H groups in total. The van der Waals surface area contributed by atoms with Gasteiger partial charge in [0.1, 0.15) is 0 Å². The number of hydrogen-bond acceptors (Lipinski definition) is 1. The van der Waals surface area contributed by atoms with Gasteiger partial charge in [0.05, 0.1) is 0 Å². The van der Waals surface area contributed by atoms with Crippen LogP contribution in [0, 0.1) is 5.41 Å². The van der Waals surface area contributed by atoms with Crippen molar-refractivity contribution in [1.82, 2.24) is 5.32 Å². The summed E-state index contributed by atoms with van der Waals surface area (Å²) in [7, 11) is 0. The molecule has 17 heavy (non-hydrogen) atoms. The highest BCUT2D eigenvalue weighted by Gasteiger charge is 2.43. The van der Waals surface area contributed by atoms with Crippen molar-refractivity contribution < 1.29 is 0 Å². The lowest BCUT2D eigenvalue weighted by atomic mass is 9.66. The third kappa shape index (κ3) is 2.17. The predicted molar refractivity (Wildman–Crippen MR) is 75.3 cm³/mol. The molecule has 1 aromatic carbocycles. The number of nitrogens with one attached hydrogen (secondary N) is 1. The summed E-state index contributed by atoms with van der Waals surface area (Å²) in [6.45, 7) is 2.40. The predicted octanol–water partition coefficient (Wildman–Crippen LogP) is 4.09. The molecule has 1 unspecified atom stereocenters. The molecule has 1 heterocycles. The highest BCUT2D eigenvalue weighted by Crippen LogP contribution is 2.49. The third-order valence-corrected chi connectivity index (χ3v) is 5.22. The van der Waals surface area contributed by atoms with Crippen molar-refractivity contribution in [3.8, 4) is 0 Å². The van der Waals surface area contributed by atoms with Gasteiger partial charge in [0, 0.05) is 23.5 Å². The summed E-state index contributed by atoms with van der Waals surface area (Å²) < 4.78 is 1.19. The largest absolute Gasteiger partial charge is 0.316 e. The van der Waals surface area contributed by atoms with Crippen LogP contribution in [0.1, 0.15) is 43.6 Å². The van der Waals surface area contributed by atoms with E-state index in [2.05, 4.69) is 45.5 Å². The maximum absolute atomic E-state index is 3.63. The minimum atomic E-state index is 0.562. The molecule has 1 spiro atoms. The second-order valence-electron chi connectivity index (χ2n) is 5.66. The van der Waals surface area contributed by atoms with Crippen LogP contribution in [-0.2, 0) is 0 Å². The molecule has 1 atom stereocenters. The van der Waals surface area contributed by atoms with Crippen LogP contribution in [0.4, 0.5) is 0 Å². The first-order valence-corrected chi connectivity index (χ1v) is 7.56. The van der Waals surface area contributed by atoms with E-state index in [1.807, 2.05) is 0 Å². The molecule has 0 radical (unpaired) electrons. The quantitative estimate of drug-likeness (QED) is 0.822. The number of rotatable bonds is 1. The Bertz CT molecular complexity index is 378. The minimum absolute atomic E-state index is 0.562. The Morgan fingerprint density at radius 2 is 1.76 bits per heavy atom. The van der Waals surface area contributed by atoms with Crippen LogP contribution < -0.4 is 5.32 Å². The normalized spacial score (nSPS) is 27.5. The molecule has 3 rings (SSSR count). The molecule has 1 saturated carbocycles. The second-order valence-corrected chi connectivity index (χ2v) is 6.57. The van der Waals surface area contributed by atoms with Crippen LogP contribution in [0.5, 0.6) is 0 Å². The van der Waals surface area contributed by atoms with Gasteiger partial charge in [-0.25, -0.2) is 0 Å². The summed E-state index contributed by atoms with van der Waals surface area (Å²) >= 11 is 3.53. The summed E-state index contributed by atoms with van der Waals surface area (Å²) in [6.07, 6.45) is 7.12. The molecule has 1 saturated heterocycles. The lowest BCUT2D eigenvalue weighted by Crippen LogP contribution is -2.31. The summed E-state index contributed by atoms with van der Waals surface area (Å²) in [5.74, 6) is 0.732. The molecule has 1 aliphatic carbocycles. The van der Waals surface area contributed by atoms with Gasteiger partial charge in [-0.15, -0.1) is 0 Å². The molecule has 1 aromatic rings. The zero-order valence-electron chi connectivity index (χ0n) is 10.2. The average molecular weight is 294 g/mol. The van der Waals surface area contributed by atoms with Crippen LogP contribution >= 0.6 is 15.9 Å². The first kappa shape index (κ1) is 11.7. The van der Waals surface area contributed by atoms with Crippen LogP contribution in [0.25, 0.3) is 0 Å². The Hall–Kier alpha value is -0.340. The smallest absolute Gasteiger partial charge is 0.0175 e. The fourth-order valence-corrected chi connectivity index (χ4v) is 4.02. The molecule has 2 fully saturated rings. The Morgan fingerprint density at radius 1 is 1.06 bits per heavy atom. The van der Waals surface area contributed by atoms with Gasteiger partial charge < -0.3 is 5.32 Å².